The van der Waals surface area contributed by atoms with Gasteiger partial charge in [-0.2, -0.15) is 0 Å². The van der Waals surface area contributed by atoms with Crippen LogP contribution < -0.4 is 14.2 Å². The first-order valence-electron chi connectivity index (χ1n) is 7.21. The van der Waals surface area contributed by atoms with Gasteiger partial charge in [0.05, 0.1) is 21.3 Å². The molecular formula is C18H18O5. The first-order chi connectivity index (χ1) is 11.1. The minimum absolute atomic E-state index is 0.388. The Morgan fingerprint density at radius 3 is 2.13 bits per heavy atom. The third-order valence-corrected chi connectivity index (χ3v) is 4.07. The lowest BCUT2D eigenvalue weighted by molar-refractivity contribution is 0.0453. The zero-order chi connectivity index (χ0) is 16.6. The predicted octanol–water partition coefficient (Wildman–Crippen LogP) is 3.28. The van der Waals surface area contributed by atoms with E-state index >= 15 is 0 Å². The zero-order valence-corrected chi connectivity index (χ0v) is 13.5. The molecule has 1 aliphatic rings. The van der Waals surface area contributed by atoms with Crippen LogP contribution in [0, 0.1) is 6.92 Å². The largest absolute Gasteiger partial charge is 0.496 e. The first-order valence-corrected chi connectivity index (χ1v) is 7.21. The van der Waals surface area contributed by atoms with Crippen molar-refractivity contribution in [3.8, 4) is 17.2 Å². The molecule has 0 bridgehead atoms. The minimum atomic E-state index is -0.504. The number of hydrogen-bond acceptors (Lipinski definition) is 5. The molecule has 0 saturated heterocycles. The van der Waals surface area contributed by atoms with Crippen LogP contribution in [-0.4, -0.2) is 27.3 Å². The highest BCUT2D eigenvalue weighted by atomic mass is 16.6. The second kappa shape index (κ2) is 5.83. The number of hydrogen-bond donors (Lipinski definition) is 0. The quantitative estimate of drug-likeness (QED) is 0.811. The molecule has 23 heavy (non-hydrogen) atoms. The lowest BCUT2D eigenvalue weighted by Crippen LogP contribution is -2.03. The summed E-state index contributed by atoms with van der Waals surface area (Å²) in [5.74, 6) is 1.50. The van der Waals surface area contributed by atoms with Crippen LogP contribution in [0.1, 0.15) is 33.2 Å². The number of esters is 1. The Hall–Kier alpha value is -2.69. The Kier molecular flexibility index (Phi) is 3.86. The molecule has 1 atom stereocenters. The molecule has 0 amide bonds. The summed E-state index contributed by atoms with van der Waals surface area (Å²) in [5.41, 5.74) is 2.94. The summed E-state index contributed by atoms with van der Waals surface area (Å²) >= 11 is 0. The average Bonchev–Trinajstić information content (AvgIpc) is 2.92. The third kappa shape index (κ3) is 2.38. The molecule has 5 heteroatoms. The first kappa shape index (κ1) is 15.2. The van der Waals surface area contributed by atoms with Gasteiger partial charge in [-0.25, -0.2) is 4.79 Å². The molecule has 0 saturated carbocycles. The highest BCUT2D eigenvalue weighted by Crippen LogP contribution is 2.42. The van der Waals surface area contributed by atoms with Crippen LogP contribution >= 0.6 is 0 Å². The second-order valence-corrected chi connectivity index (χ2v) is 5.26. The molecule has 0 fully saturated rings. The standard InChI is InChI=1S/C18H18O5/c1-10-14(21-3)8-11(9-15(10)22-4)17-12-6-5-7-13(20-2)16(12)18(19)23-17/h5-9,17H,1-4H3. The maximum atomic E-state index is 12.2. The van der Waals surface area contributed by atoms with E-state index in [9.17, 15) is 4.79 Å². The van der Waals surface area contributed by atoms with Gasteiger partial charge in [-0.05, 0) is 25.1 Å². The molecule has 0 N–H and O–H groups in total. The van der Waals surface area contributed by atoms with Crippen LogP contribution in [0.25, 0.3) is 0 Å². The average molecular weight is 314 g/mol. The van der Waals surface area contributed by atoms with Crippen molar-refractivity contribution in [2.75, 3.05) is 21.3 Å². The van der Waals surface area contributed by atoms with Gasteiger partial charge in [0, 0.05) is 16.7 Å². The molecule has 2 aromatic carbocycles. The van der Waals surface area contributed by atoms with E-state index in [1.54, 1.807) is 20.3 Å². The molecule has 3 rings (SSSR count). The molecule has 1 unspecified atom stereocenters. The van der Waals surface area contributed by atoms with Gasteiger partial charge in [0.15, 0.2) is 6.10 Å². The molecule has 0 aromatic heterocycles. The molecule has 1 heterocycles. The number of rotatable bonds is 4. The molecule has 120 valence electrons. The van der Waals surface area contributed by atoms with E-state index in [-0.39, 0.29) is 5.97 Å². The lowest BCUT2D eigenvalue weighted by Gasteiger charge is -2.16. The van der Waals surface area contributed by atoms with Crippen molar-refractivity contribution in [1.29, 1.82) is 0 Å². The van der Waals surface area contributed by atoms with Crippen molar-refractivity contribution in [1.82, 2.24) is 0 Å². The zero-order valence-electron chi connectivity index (χ0n) is 13.5. The summed E-state index contributed by atoms with van der Waals surface area (Å²) in [5, 5.41) is 0. The predicted molar refractivity (Wildman–Crippen MR) is 84.5 cm³/mol. The van der Waals surface area contributed by atoms with Crippen molar-refractivity contribution < 1.29 is 23.7 Å². The van der Waals surface area contributed by atoms with Crippen LogP contribution in [0.4, 0.5) is 0 Å². The van der Waals surface area contributed by atoms with Crippen LogP contribution in [0.5, 0.6) is 17.2 Å². The maximum absolute atomic E-state index is 12.2. The van der Waals surface area contributed by atoms with Gasteiger partial charge < -0.3 is 18.9 Å². The lowest BCUT2D eigenvalue weighted by atomic mass is 9.97. The van der Waals surface area contributed by atoms with Gasteiger partial charge in [-0.3, -0.25) is 0 Å². The van der Waals surface area contributed by atoms with Crippen molar-refractivity contribution in [2.45, 2.75) is 13.0 Å². The smallest absolute Gasteiger partial charge is 0.343 e. The van der Waals surface area contributed by atoms with Gasteiger partial charge in [-0.1, -0.05) is 12.1 Å². The second-order valence-electron chi connectivity index (χ2n) is 5.26. The number of cyclic esters (lactones) is 1. The highest BCUT2D eigenvalue weighted by molar-refractivity contribution is 5.97. The van der Waals surface area contributed by atoms with E-state index in [0.29, 0.717) is 22.8 Å². The fourth-order valence-corrected chi connectivity index (χ4v) is 2.89. The fourth-order valence-electron chi connectivity index (χ4n) is 2.89. The monoisotopic (exact) mass is 314 g/mol. The summed E-state index contributed by atoms with van der Waals surface area (Å²) in [7, 11) is 4.74. The molecule has 5 nitrogen and oxygen atoms in total. The Labute approximate surface area is 134 Å². The summed E-state index contributed by atoms with van der Waals surface area (Å²) in [4.78, 5) is 12.2. The highest BCUT2D eigenvalue weighted by Gasteiger charge is 2.35. The summed E-state index contributed by atoms with van der Waals surface area (Å²) in [6.45, 7) is 1.92. The van der Waals surface area contributed by atoms with Crippen LogP contribution in [0.15, 0.2) is 30.3 Å². The van der Waals surface area contributed by atoms with Crippen LogP contribution in [-0.2, 0) is 4.74 Å². The topological polar surface area (TPSA) is 54.0 Å². The van der Waals surface area contributed by atoms with E-state index in [1.165, 1.54) is 7.11 Å². The van der Waals surface area contributed by atoms with Crippen molar-refractivity contribution >= 4 is 5.97 Å². The summed E-state index contributed by atoms with van der Waals surface area (Å²) < 4.78 is 21.6. The number of carbonyl (C=O) groups excluding carboxylic acids is 1. The number of ether oxygens (including phenoxy) is 4. The van der Waals surface area contributed by atoms with Crippen LogP contribution in [0.2, 0.25) is 0 Å². The van der Waals surface area contributed by atoms with Crippen molar-refractivity contribution in [2.24, 2.45) is 0 Å². The molecule has 0 spiro atoms. The van der Waals surface area contributed by atoms with E-state index in [4.69, 9.17) is 18.9 Å². The van der Waals surface area contributed by atoms with E-state index in [1.807, 2.05) is 31.2 Å². The van der Waals surface area contributed by atoms with E-state index in [2.05, 4.69) is 0 Å². The van der Waals surface area contributed by atoms with Gasteiger partial charge >= 0.3 is 5.97 Å². The fraction of sp³-hybridized carbons (Fsp3) is 0.278. The number of methoxy groups -OCH3 is 3. The SMILES string of the molecule is COc1cc(C2OC(=O)c3c(OC)cccc32)cc(OC)c1C. The van der Waals surface area contributed by atoms with Crippen LogP contribution in [0.3, 0.4) is 0 Å². The Morgan fingerprint density at radius 2 is 1.57 bits per heavy atom. The van der Waals surface area contributed by atoms with E-state index in [0.717, 1.165) is 16.7 Å². The summed E-state index contributed by atoms with van der Waals surface area (Å²) in [6, 6.07) is 9.19. The minimum Gasteiger partial charge on any atom is -0.496 e. The molecule has 1 aliphatic heterocycles. The number of benzene rings is 2. The Morgan fingerprint density at radius 1 is 0.957 bits per heavy atom. The van der Waals surface area contributed by atoms with Gasteiger partial charge in [-0.15, -0.1) is 0 Å². The molecular weight excluding hydrogens is 296 g/mol. The summed E-state index contributed by atoms with van der Waals surface area (Å²) in [6.07, 6.45) is -0.504. The van der Waals surface area contributed by atoms with Crippen molar-refractivity contribution in [3.05, 3.63) is 52.6 Å². The molecule has 2 aromatic rings. The van der Waals surface area contributed by atoms with Gasteiger partial charge in [0.25, 0.3) is 0 Å². The Balaban J connectivity index is 2.14. The van der Waals surface area contributed by atoms with Gasteiger partial charge in [0.2, 0.25) is 0 Å². The Bertz CT molecular complexity index is 741. The van der Waals surface area contributed by atoms with E-state index < -0.39 is 6.10 Å². The van der Waals surface area contributed by atoms with Gasteiger partial charge in [0.1, 0.15) is 22.8 Å². The number of fused-ring (bicyclic) bond motifs is 1. The normalized spacial score (nSPS) is 15.8. The van der Waals surface area contributed by atoms with Crippen molar-refractivity contribution in [3.63, 3.8) is 0 Å². The molecule has 0 aliphatic carbocycles. The third-order valence-electron chi connectivity index (χ3n) is 4.07. The number of carbonyl (C=O) groups is 1. The molecule has 0 radical (unpaired) electrons. The maximum Gasteiger partial charge on any atom is 0.343 e.